The molecule has 1 aromatic rings. The normalized spacial score (nSPS) is 8.42. The quantitative estimate of drug-likeness (QED) is 0.496. The van der Waals surface area contributed by atoms with Gasteiger partial charge in [0.1, 0.15) is 5.75 Å². The Labute approximate surface area is 77.2 Å². The van der Waals surface area contributed by atoms with Crippen LogP contribution in [0.2, 0.25) is 0 Å². The van der Waals surface area contributed by atoms with Gasteiger partial charge in [-0.3, -0.25) is 0 Å². The first-order valence-corrected chi connectivity index (χ1v) is 3.11. The van der Waals surface area contributed by atoms with Gasteiger partial charge in [0.05, 0.1) is 12.7 Å². The van der Waals surface area contributed by atoms with Crippen LogP contribution in [0.5, 0.6) is 5.75 Å². The van der Waals surface area contributed by atoms with Gasteiger partial charge in [0, 0.05) is 0 Å². The molecule has 0 radical (unpaired) electrons. The van der Waals surface area contributed by atoms with Crippen molar-refractivity contribution in [2.24, 2.45) is 0 Å². The predicted molar refractivity (Wildman–Crippen MR) is 47.4 cm³/mol. The summed E-state index contributed by atoms with van der Waals surface area (Å²) in [5.74, 6) is -0.261. The smallest absolute Gasteiger partial charge is 1.00 e. The van der Waals surface area contributed by atoms with Crippen LogP contribution in [0.1, 0.15) is 13.2 Å². The number of carbonyl (C=O) groups excluding carboxylic acids is 1. The van der Waals surface area contributed by atoms with Crippen molar-refractivity contribution in [3.63, 3.8) is 0 Å². The molecule has 0 bridgehead atoms. The van der Waals surface area contributed by atoms with Gasteiger partial charge in [-0.05, 0) is 24.3 Å². The Morgan fingerprint density at radius 2 is 1.92 bits per heavy atom. The molecule has 0 saturated carbocycles. The molecule has 0 fully saturated rings. The molecule has 3 nitrogen and oxygen atoms in total. The molecule has 0 unspecified atom stereocenters. The number of esters is 1. The molecule has 0 aliphatic carbocycles. The number of phenolic OH excluding ortho intramolecular Hbond substituents is 1. The van der Waals surface area contributed by atoms with E-state index in [9.17, 15) is 4.79 Å². The van der Waals surface area contributed by atoms with Crippen LogP contribution < -0.4 is 0 Å². The first-order chi connectivity index (χ1) is 5.24. The van der Waals surface area contributed by atoms with E-state index in [0.717, 1.165) is 0 Å². The molecular formula is C8H10BeO3. The zero-order valence-corrected chi connectivity index (χ0v) is 6.78. The summed E-state index contributed by atoms with van der Waals surface area (Å²) >= 11 is 0. The third-order valence-electron chi connectivity index (χ3n) is 1.29. The molecule has 1 N–H and O–H groups in total. The summed E-state index contributed by atoms with van der Waals surface area (Å²) in [7, 11) is 1.31. The summed E-state index contributed by atoms with van der Waals surface area (Å²) in [5.41, 5.74) is 0.435. The van der Waals surface area contributed by atoms with E-state index in [4.69, 9.17) is 5.11 Å². The number of ether oxygens (including phenoxy) is 1. The summed E-state index contributed by atoms with van der Waals surface area (Å²) in [6.07, 6.45) is 0. The SMILES string of the molecule is COC(=O)c1ccc(O)cc1.[Be+2].[H-].[H-]. The van der Waals surface area contributed by atoms with Gasteiger partial charge in [0.25, 0.3) is 0 Å². The van der Waals surface area contributed by atoms with Gasteiger partial charge < -0.3 is 12.7 Å². The maximum atomic E-state index is 10.8. The number of methoxy groups -OCH3 is 1. The van der Waals surface area contributed by atoms with Crippen molar-refractivity contribution in [1.29, 1.82) is 0 Å². The molecule has 12 heavy (non-hydrogen) atoms. The van der Waals surface area contributed by atoms with Crippen molar-refractivity contribution in [2.75, 3.05) is 7.11 Å². The monoisotopic (exact) mass is 163 g/mol. The zero-order chi connectivity index (χ0) is 8.27. The van der Waals surface area contributed by atoms with Crippen molar-refractivity contribution in [2.45, 2.75) is 0 Å². The van der Waals surface area contributed by atoms with E-state index < -0.39 is 5.97 Å². The molecule has 0 amide bonds. The van der Waals surface area contributed by atoms with E-state index in [1.165, 1.54) is 31.4 Å². The fourth-order valence-electron chi connectivity index (χ4n) is 0.715. The third kappa shape index (κ3) is 2.36. The Balaban J connectivity index is -0.000000403. The van der Waals surface area contributed by atoms with Crippen molar-refractivity contribution < 1.29 is 17.5 Å². The van der Waals surface area contributed by atoms with Gasteiger partial charge in [-0.2, -0.15) is 0 Å². The number of benzene rings is 1. The fourth-order valence-corrected chi connectivity index (χ4v) is 0.715. The second-order valence-electron chi connectivity index (χ2n) is 2.04. The summed E-state index contributed by atoms with van der Waals surface area (Å²) in [6.45, 7) is 0. The second kappa shape index (κ2) is 4.52. The first-order valence-electron chi connectivity index (χ1n) is 3.11. The van der Waals surface area contributed by atoms with Gasteiger partial charge in [0.15, 0.2) is 0 Å². The van der Waals surface area contributed by atoms with Crippen LogP contribution >= 0.6 is 0 Å². The minimum Gasteiger partial charge on any atom is -1.00 e. The van der Waals surface area contributed by atoms with Crippen LogP contribution in [-0.4, -0.2) is 28.3 Å². The molecule has 0 aliphatic heterocycles. The molecular weight excluding hydrogens is 153 g/mol. The largest absolute Gasteiger partial charge is 2.00 e. The maximum Gasteiger partial charge on any atom is 2.00 e. The average molecular weight is 163 g/mol. The average Bonchev–Trinajstić information content (AvgIpc) is 2.05. The van der Waals surface area contributed by atoms with Crippen molar-refractivity contribution in [3.05, 3.63) is 29.8 Å². The van der Waals surface area contributed by atoms with Crippen LogP contribution in [0.15, 0.2) is 24.3 Å². The Morgan fingerprint density at radius 3 is 2.33 bits per heavy atom. The van der Waals surface area contributed by atoms with Crippen molar-refractivity contribution >= 4 is 16.1 Å². The van der Waals surface area contributed by atoms with Crippen LogP contribution in [-0.2, 0) is 4.74 Å². The second-order valence-corrected chi connectivity index (χ2v) is 2.04. The van der Waals surface area contributed by atoms with Gasteiger partial charge in [0.2, 0.25) is 0 Å². The van der Waals surface area contributed by atoms with Gasteiger partial charge in [-0.1, -0.05) is 0 Å². The Bertz CT molecular complexity index is 264. The summed E-state index contributed by atoms with van der Waals surface area (Å²) in [6, 6.07) is 5.88. The maximum absolute atomic E-state index is 10.8. The Hall–Kier alpha value is -1.34. The van der Waals surface area contributed by atoms with Gasteiger partial charge in [-0.25, -0.2) is 4.79 Å². The summed E-state index contributed by atoms with van der Waals surface area (Å²) < 4.78 is 4.46. The van der Waals surface area contributed by atoms with E-state index in [0.29, 0.717) is 5.56 Å². The number of phenols is 1. The van der Waals surface area contributed by atoms with E-state index >= 15 is 0 Å². The Morgan fingerprint density at radius 1 is 1.42 bits per heavy atom. The van der Waals surface area contributed by atoms with E-state index in [1.807, 2.05) is 0 Å². The van der Waals surface area contributed by atoms with E-state index in [2.05, 4.69) is 4.74 Å². The van der Waals surface area contributed by atoms with Gasteiger partial charge in [-0.15, -0.1) is 0 Å². The van der Waals surface area contributed by atoms with Gasteiger partial charge >= 0.3 is 16.1 Å². The third-order valence-corrected chi connectivity index (χ3v) is 1.29. The topological polar surface area (TPSA) is 46.5 Å². The van der Waals surface area contributed by atoms with Crippen LogP contribution in [0.25, 0.3) is 0 Å². The fraction of sp³-hybridized carbons (Fsp3) is 0.125. The zero-order valence-electron chi connectivity index (χ0n) is 8.78. The Kier molecular flexibility index (Phi) is 4.01. The molecule has 0 aromatic heterocycles. The molecule has 0 spiro atoms. The molecule has 0 atom stereocenters. The van der Waals surface area contributed by atoms with E-state index in [1.54, 1.807) is 0 Å². The van der Waals surface area contributed by atoms with Crippen molar-refractivity contribution in [1.82, 2.24) is 0 Å². The molecule has 0 heterocycles. The standard InChI is InChI=1S/C8H8O3.Be.2H/c1-11-8(10)6-2-4-7(9)5-3-6;;;/h2-5,9H,1H3;;;/q;+2;2*-1. The molecule has 1 aromatic carbocycles. The minimum absolute atomic E-state index is 0. The number of hydrogen-bond donors (Lipinski definition) is 1. The minimum atomic E-state index is -0.398. The van der Waals surface area contributed by atoms with Crippen LogP contribution in [0.3, 0.4) is 0 Å². The van der Waals surface area contributed by atoms with Crippen molar-refractivity contribution in [3.8, 4) is 5.75 Å². The molecule has 1 rings (SSSR count). The summed E-state index contributed by atoms with van der Waals surface area (Å²) in [4.78, 5) is 10.8. The number of hydrogen-bond acceptors (Lipinski definition) is 3. The molecule has 0 aliphatic rings. The predicted octanol–water partition coefficient (Wildman–Crippen LogP) is 1.02. The van der Waals surface area contributed by atoms with Crippen LogP contribution in [0.4, 0.5) is 0 Å². The number of rotatable bonds is 1. The molecule has 0 saturated heterocycles. The molecule has 62 valence electrons. The number of carbonyl (C=O) groups is 1. The summed E-state index contributed by atoms with van der Waals surface area (Å²) in [5, 5.41) is 8.86. The van der Waals surface area contributed by atoms with E-state index in [-0.39, 0.29) is 18.7 Å². The first kappa shape index (κ1) is 10.7. The number of aromatic hydroxyl groups is 1. The van der Waals surface area contributed by atoms with Crippen LogP contribution in [0, 0.1) is 0 Å². The molecule has 4 heteroatoms.